The highest BCUT2D eigenvalue weighted by Crippen LogP contribution is 2.31. The topological polar surface area (TPSA) is 64.6 Å². The number of nitrogens with one attached hydrogen (secondary N) is 1. The molecule has 0 saturated heterocycles. The molecule has 0 fully saturated rings. The van der Waals surface area contributed by atoms with Crippen LogP contribution in [0.1, 0.15) is 5.56 Å². The molecule has 0 bridgehead atoms. The van der Waals surface area contributed by atoms with Crippen molar-refractivity contribution in [1.82, 2.24) is 0 Å². The molecule has 0 spiro atoms. The number of para-hydroxylation sites is 1. The highest BCUT2D eigenvalue weighted by atomic mass is 79.9. The van der Waals surface area contributed by atoms with Crippen molar-refractivity contribution in [3.8, 4) is 5.75 Å². The van der Waals surface area contributed by atoms with Gasteiger partial charge in [-0.05, 0) is 36.8 Å². The van der Waals surface area contributed by atoms with E-state index in [1.165, 1.54) is 0 Å². The zero-order valence-electron chi connectivity index (χ0n) is 12.8. The van der Waals surface area contributed by atoms with Gasteiger partial charge in [-0.25, -0.2) is 4.79 Å². The van der Waals surface area contributed by atoms with E-state index < -0.39 is 11.9 Å². The molecular weight excluding hydrogens is 398 g/mol. The first kappa shape index (κ1) is 18.3. The van der Waals surface area contributed by atoms with Crippen LogP contribution in [0, 0.1) is 6.92 Å². The maximum absolute atomic E-state index is 11.7. The summed E-state index contributed by atoms with van der Waals surface area (Å²) in [5.41, 5.74) is 1.41. The average Bonchev–Trinajstić information content (AvgIpc) is 2.53. The number of hydrogen-bond donors (Lipinski definition) is 1. The third-order valence-electron chi connectivity index (χ3n) is 2.95. The minimum Gasteiger partial charge on any atom is -0.480 e. The molecule has 126 valence electrons. The number of hydrogen-bond acceptors (Lipinski definition) is 4. The fourth-order valence-electron chi connectivity index (χ4n) is 1.91. The molecule has 0 aliphatic heterocycles. The van der Waals surface area contributed by atoms with Crippen LogP contribution in [0.4, 0.5) is 5.69 Å². The summed E-state index contributed by atoms with van der Waals surface area (Å²) in [6.07, 6.45) is 0. The van der Waals surface area contributed by atoms with E-state index in [0.717, 1.165) is 10.0 Å². The number of anilines is 1. The van der Waals surface area contributed by atoms with Gasteiger partial charge in [0.25, 0.3) is 5.91 Å². The van der Waals surface area contributed by atoms with Crippen molar-refractivity contribution in [2.45, 2.75) is 6.92 Å². The van der Waals surface area contributed by atoms with Crippen molar-refractivity contribution in [3.63, 3.8) is 0 Å². The molecule has 2 aromatic rings. The Bertz CT molecular complexity index is 714. The Labute approximate surface area is 153 Å². The molecule has 2 rings (SSSR count). The Hall–Kier alpha value is -2.05. The molecule has 0 radical (unpaired) electrons. The molecule has 0 aliphatic carbocycles. The summed E-state index contributed by atoms with van der Waals surface area (Å²) in [6.45, 7) is 1.09. The van der Waals surface area contributed by atoms with Gasteiger partial charge in [0.15, 0.2) is 13.2 Å². The largest absolute Gasteiger partial charge is 0.480 e. The van der Waals surface area contributed by atoms with E-state index >= 15 is 0 Å². The molecule has 7 heteroatoms. The van der Waals surface area contributed by atoms with E-state index in [4.69, 9.17) is 21.1 Å². The van der Waals surface area contributed by atoms with Gasteiger partial charge in [0.05, 0.1) is 5.02 Å². The molecule has 0 saturated carbocycles. The Morgan fingerprint density at radius 3 is 2.54 bits per heavy atom. The van der Waals surface area contributed by atoms with Gasteiger partial charge in [-0.2, -0.15) is 0 Å². The van der Waals surface area contributed by atoms with Gasteiger partial charge < -0.3 is 14.8 Å². The van der Waals surface area contributed by atoms with E-state index in [2.05, 4.69) is 21.2 Å². The van der Waals surface area contributed by atoms with E-state index in [9.17, 15) is 9.59 Å². The fraction of sp³-hybridized carbons (Fsp3) is 0.176. The predicted octanol–water partition coefficient (Wildman–Crippen LogP) is 3.97. The lowest BCUT2D eigenvalue weighted by molar-refractivity contribution is -0.149. The molecule has 1 N–H and O–H groups in total. The molecule has 5 nitrogen and oxygen atoms in total. The number of carbonyl (C=O) groups is 2. The molecule has 1 amide bonds. The minimum absolute atomic E-state index is 0.333. The lowest BCUT2D eigenvalue weighted by atomic mass is 10.2. The van der Waals surface area contributed by atoms with Crippen molar-refractivity contribution >= 4 is 45.1 Å². The van der Waals surface area contributed by atoms with Crippen molar-refractivity contribution in [2.24, 2.45) is 0 Å². The van der Waals surface area contributed by atoms with E-state index in [0.29, 0.717) is 16.5 Å². The van der Waals surface area contributed by atoms with Gasteiger partial charge in [0, 0.05) is 10.2 Å². The van der Waals surface area contributed by atoms with Crippen LogP contribution in [0.2, 0.25) is 5.02 Å². The Kier molecular flexibility index (Phi) is 6.63. The highest BCUT2D eigenvalue weighted by Gasteiger charge is 2.12. The summed E-state index contributed by atoms with van der Waals surface area (Å²) in [5.74, 6) is -0.672. The van der Waals surface area contributed by atoms with Crippen molar-refractivity contribution in [2.75, 3.05) is 18.5 Å². The van der Waals surface area contributed by atoms with Gasteiger partial charge in [0.1, 0.15) is 5.75 Å². The molecule has 0 heterocycles. The zero-order chi connectivity index (χ0) is 17.5. The molecule has 0 aliphatic rings. The van der Waals surface area contributed by atoms with Gasteiger partial charge >= 0.3 is 5.97 Å². The van der Waals surface area contributed by atoms with Gasteiger partial charge in [-0.1, -0.05) is 45.7 Å². The van der Waals surface area contributed by atoms with Gasteiger partial charge in [-0.3, -0.25) is 4.79 Å². The van der Waals surface area contributed by atoms with Crippen molar-refractivity contribution in [1.29, 1.82) is 0 Å². The second kappa shape index (κ2) is 8.70. The van der Waals surface area contributed by atoms with Crippen LogP contribution in [0.3, 0.4) is 0 Å². The average molecular weight is 413 g/mol. The number of carbonyl (C=O) groups excluding carboxylic acids is 2. The standard InChI is InChI=1S/C17H15BrClNO4/c1-11-7-12(18)8-14(19)17(11)24-10-16(22)23-9-15(21)20-13-5-3-2-4-6-13/h2-8H,9-10H2,1H3,(H,20,21). The van der Waals surface area contributed by atoms with Crippen molar-refractivity contribution in [3.05, 3.63) is 57.5 Å². The first-order valence-corrected chi connectivity index (χ1v) is 8.22. The summed E-state index contributed by atoms with van der Waals surface area (Å²) in [7, 11) is 0. The van der Waals surface area contributed by atoms with Crippen LogP contribution in [0.5, 0.6) is 5.75 Å². The second-order valence-corrected chi connectivity index (χ2v) is 6.22. The number of halogens is 2. The van der Waals surface area contributed by atoms with Crippen LogP contribution in [-0.4, -0.2) is 25.1 Å². The maximum atomic E-state index is 11.7. The second-order valence-electron chi connectivity index (χ2n) is 4.90. The first-order valence-electron chi connectivity index (χ1n) is 7.04. The Balaban J connectivity index is 1.79. The monoisotopic (exact) mass is 411 g/mol. The van der Waals surface area contributed by atoms with Gasteiger partial charge in [-0.15, -0.1) is 0 Å². The minimum atomic E-state index is -0.656. The number of benzene rings is 2. The zero-order valence-corrected chi connectivity index (χ0v) is 15.2. The number of esters is 1. The smallest absolute Gasteiger partial charge is 0.344 e. The van der Waals surface area contributed by atoms with E-state index in [-0.39, 0.29) is 13.2 Å². The number of ether oxygens (including phenoxy) is 2. The van der Waals surface area contributed by atoms with Crippen molar-refractivity contribution < 1.29 is 19.1 Å². The molecule has 24 heavy (non-hydrogen) atoms. The summed E-state index contributed by atoms with van der Waals surface area (Å²) >= 11 is 9.38. The molecule has 0 atom stereocenters. The van der Waals surface area contributed by atoms with Crippen LogP contribution in [0.15, 0.2) is 46.9 Å². The normalized spacial score (nSPS) is 10.1. The first-order chi connectivity index (χ1) is 11.5. The Morgan fingerprint density at radius 1 is 1.17 bits per heavy atom. The van der Waals surface area contributed by atoms with Gasteiger partial charge in [0.2, 0.25) is 0 Å². The third kappa shape index (κ3) is 5.54. The number of amides is 1. The molecule has 2 aromatic carbocycles. The summed E-state index contributed by atoms with van der Waals surface area (Å²) in [5, 5.41) is 3.00. The van der Waals surface area contributed by atoms with Crippen LogP contribution in [-0.2, 0) is 14.3 Å². The summed E-state index contributed by atoms with van der Waals surface area (Å²) in [4.78, 5) is 23.4. The summed E-state index contributed by atoms with van der Waals surface area (Å²) in [6, 6.07) is 12.4. The lowest BCUT2D eigenvalue weighted by Crippen LogP contribution is -2.23. The molecular formula is C17H15BrClNO4. The van der Waals surface area contributed by atoms with E-state index in [1.54, 1.807) is 30.3 Å². The lowest BCUT2D eigenvalue weighted by Gasteiger charge is -2.11. The molecule has 0 unspecified atom stereocenters. The number of rotatable bonds is 6. The highest BCUT2D eigenvalue weighted by molar-refractivity contribution is 9.10. The van der Waals surface area contributed by atoms with Crippen LogP contribution < -0.4 is 10.1 Å². The fourth-order valence-corrected chi connectivity index (χ4v) is 2.93. The predicted molar refractivity (Wildman–Crippen MR) is 95.4 cm³/mol. The van der Waals surface area contributed by atoms with Crippen LogP contribution >= 0.6 is 27.5 Å². The third-order valence-corrected chi connectivity index (χ3v) is 3.69. The van der Waals surface area contributed by atoms with E-state index in [1.807, 2.05) is 19.1 Å². The quantitative estimate of drug-likeness (QED) is 0.729. The summed E-state index contributed by atoms with van der Waals surface area (Å²) < 4.78 is 11.1. The maximum Gasteiger partial charge on any atom is 0.344 e. The Morgan fingerprint density at radius 2 is 1.88 bits per heavy atom. The molecule has 0 aromatic heterocycles. The van der Waals surface area contributed by atoms with Crippen LogP contribution in [0.25, 0.3) is 0 Å². The number of aryl methyl sites for hydroxylation is 1. The SMILES string of the molecule is Cc1cc(Br)cc(Cl)c1OCC(=O)OCC(=O)Nc1ccccc1.